The first-order chi connectivity index (χ1) is 11.3. The summed E-state index contributed by atoms with van der Waals surface area (Å²) in [6.45, 7) is 0. The van der Waals surface area contributed by atoms with Crippen LogP contribution in [0.3, 0.4) is 0 Å². The fourth-order valence-electron chi connectivity index (χ4n) is 3.59. The molecule has 0 bridgehead atoms. The lowest BCUT2D eigenvalue weighted by molar-refractivity contribution is 0.103. The zero-order valence-corrected chi connectivity index (χ0v) is 12.9. The van der Waals surface area contributed by atoms with Gasteiger partial charge in [0.1, 0.15) is 0 Å². The second-order valence-corrected chi connectivity index (χ2v) is 6.08. The number of aryl methyl sites for hydroxylation is 1. The van der Waals surface area contributed by atoms with E-state index >= 15 is 0 Å². The van der Waals surface area contributed by atoms with E-state index in [1.807, 2.05) is 42.5 Å². The van der Waals surface area contributed by atoms with E-state index in [1.165, 1.54) is 16.7 Å². The highest BCUT2D eigenvalue weighted by atomic mass is 16.1. The van der Waals surface area contributed by atoms with E-state index < -0.39 is 0 Å². The zero-order chi connectivity index (χ0) is 15.6. The van der Waals surface area contributed by atoms with E-state index in [2.05, 4.69) is 36.4 Å². The Morgan fingerprint density at radius 3 is 1.78 bits per heavy atom. The number of hydrogen-bond donors (Lipinski definition) is 0. The van der Waals surface area contributed by atoms with Crippen molar-refractivity contribution in [3.63, 3.8) is 0 Å². The highest BCUT2D eigenvalue weighted by molar-refractivity contribution is 6.12. The van der Waals surface area contributed by atoms with E-state index in [0.29, 0.717) is 5.92 Å². The minimum absolute atomic E-state index is 0.159. The van der Waals surface area contributed by atoms with Crippen LogP contribution < -0.4 is 0 Å². The molecule has 1 heteroatoms. The summed E-state index contributed by atoms with van der Waals surface area (Å²) in [7, 11) is 0. The molecule has 1 nitrogen and oxygen atoms in total. The highest BCUT2D eigenvalue weighted by Gasteiger charge is 2.29. The Morgan fingerprint density at radius 2 is 1.17 bits per heavy atom. The van der Waals surface area contributed by atoms with Gasteiger partial charge in [-0.1, -0.05) is 78.9 Å². The van der Waals surface area contributed by atoms with Gasteiger partial charge in [-0.3, -0.25) is 4.79 Å². The first kappa shape index (κ1) is 14.0. The molecule has 0 aliphatic heterocycles. The standard InChI is InChI=1S/C22H18O/c23-22-20-12-6-4-10-17(20)19(18-11-5-7-13-21(18)22)15-14-16-8-2-1-3-9-16/h1-13,19H,14-15H2. The Kier molecular flexibility index (Phi) is 3.55. The lowest BCUT2D eigenvalue weighted by Gasteiger charge is -2.27. The first-order valence-corrected chi connectivity index (χ1v) is 8.11. The molecule has 3 aromatic carbocycles. The normalized spacial score (nSPS) is 13.5. The van der Waals surface area contributed by atoms with Crippen molar-refractivity contribution in [3.05, 3.63) is 107 Å². The fraction of sp³-hybridized carbons (Fsp3) is 0.136. The molecule has 3 aromatic rings. The van der Waals surface area contributed by atoms with Gasteiger partial charge in [0.2, 0.25) is 0 Å². The minimum Gasteiger partial charge on any atom is -0.289 e. The van der Waals surface area contributed by atoms with Gasteiger partial charge in [0.05, 0.1) is 0 Å². The van der Waals surface area contributed by atoms with Crippen LogP contribution in [0.1, 0.15) is 45.0 Å². The Labute approximate surface area is 136 Å². The van der Waals surface area contributed by atoms with Gasteiger partial charge in [0.15, 0.2) is 5.78 Å². The Morgan fingerprint density at radius 1 is 0.652 bits per heavy atom. The lowest BCUT2D eigenvalue weighted by atomic mass is 9.75. The molecule has 0 N–H and O–H groups in total. The van der Waals surface area contributed by atoms with E-state index in [-0.39, 0.29) is 5.78 Å². The molecular formula is C22H18O. The third-order valence-electron chi connectivity index (χ3n) is 4.73. The largest absolute Gasteiger partial charge is 0.289 e. The van der Waals surface area contributed by atoms with Gasteiger partial charge in [-0.15, -0.1) is 0 Å². The molecule has 0 saturated carbocycles. The van der Waals surface area contributed by atoms with E-state index in [1.54, 1.807) is 0 Å². The molecule has 0 aromatic heterocycles. The van der Waals surface area contributed by atoms with Crippen LogP contribution in [0, 0.1) is 0 Å². The number of hydrogen-bond acceptors (Lipinski definition) is 1. The molecule has 0 amide bonds. The number of carbonyl (C=O) groups is 1. The van der Waals surface area contributed by atoms with Gasteiger partial charge < -0.3 is 0 Å². The summed E-state index contributed by atoms with van der Waals surface area (Å²) in [6.07, 6.45) is 2.04. The Balaban J connectivity index is 1.74. The molecule has 1 aliphatic rings. The monoisotopic (exact) mass is 298 g/mol. The topological polar surface area (TPSA) is 17.1 Å². The molecule has 0 atom stereocenters. The summed E-state index contributed by atoms with van der Waals surface area (Å²) in [4.78, 5) is 12.7. The van der Waals surface area contributed by atoms with Crippen molar-refractivity contribution in [2.24, 2.45) is 0 Å². The summed E-state index contributed by atoms with van der Waals surface area (Å²) in [5, 5.41) is 0. The van der Waals surface area contributed by atoms with Gasteiger partial charge >= 0.3 is 0 Å². The van der Waals surface area contributed by atoms with Crippen molar-refractivity contribution < 1.29 is 4.79 Å². The van der Waals surface area contributed by atoms with Crippen molar-refractivity contribution in [2.75, 3.05) is 0 Å². The third kappa shape index (κ3) is 2.49. The zero-order valence-electron chi connectivity index (χ0n) is 12.9. The highest BCUT2D eigenvalue weighted by Crippen LogP contribution is 2.39. The van der Waals surface area contributed by atoms with Crippen LogP contribution in [0.2, 0.25) is 0 Å². The molecule has 0 saturated heterocycles. The predicted octanol–water partition coefficient (Wildman–Crippen LogP) is 5.00. The maximum absolute atomic E-state index is 12.7. The van der Waals surface area contributed by atoms with Crippen LogP contribution in [-0.2, 0) is 6.42 Å². The number of carbonyl (C=O) groups excluding carboxylic acids is 1. The second-order valence-electron chi connectivity index (χ2n) is 6.08. The van der Waals surface area contributed by atoms with E-state index in [0.717, 1.165) is 24.0 Å². The second kappa shape index (κ2) is 5.85. The van der Waals surface area contributed by atoms with Crippen LogP contribution in [0.5, 0.6) is 0 Å². The Bertz CT molecular complexity index is 799. The van der Waals surface area contributed by atoms with Crippen LogP contribution in [0.4, 0.5) is 0 Å². The fourth-order valence-corrected chi connectivity index (χ4v) is 3.59. The Hall–Kier alpha value is -2.67. The predicted molar refractivity (Wildman–Crippen MR) is 92.9 cm³/mol. The minimum atomic E-state index is 0.159. The molecule has 1 aliphatic carbocycles. The summed E-state index contributed by atoms with van der Waals surface area (Å²) in [5.74, 6) is 0.451. The molecule has 0 heterocycles. The van der Waals surface area contributed by atoms with E-state index in [4.69, 9.17) is 0 Å². The van der Waals surface area contributed by atoms with Crippen LogP contribution >= 0.6 is 0 Å². The van der Waals surface area contributed by atoms with Crippen molar-refractivity contribution in [2.45, 2.75) is 18.8 Å². The van der Waals surface area contributed by atoms with Crippen molar-refractivity contribution in [1.82, 2.24) is 0 Å². The molecule has 23 heavy (non-hydrogen) atoms. The van der Waals surface area contributed by atoms with Gasteiger partial charge in [-0.05, 0) is 29.5 Å². The number of fused-ring (bicyclic) bond motifs is 2. The van der Waals surface area contributed by atoms with Gasteiger partial charge in [0, 0.05) is 17.0 Å². The molecule has 4 rings (SSSR count). The van der Waals surface area contributed by atoms with Crippen LogP contribution in [-0.4, -0.2) is 5.78 Å². The lowest BCUT2D eigenvalue weighted by Crippen LogP contribution is -2.19. The molecule has 0 spiro atoms. The first-order valence-electron chi connectivity index (χ1n) is 8.11. The molecule has 0 fully saturated rings. The van der Waals surface area contributed by atoms with E-state index in [9.17, 15) is 4.79 Å². The molecule has 0 unspecified atom stereocenters. The summed E-state index contributed by atoms with van der Waals surface area (Å²) in [6, 6.07) is 26.7. The number of ketones is 1. The maximum atomic E-state index is 12.7. The molecule has 0 radical (unpaired) electrons. The summed E-state index contributed by atoms with van der Waals surface area (Å²) in [5.41, 5.74) is 5.42. The average Bonchev–Trinajstić information content (AvgIpc) is 2.63. The van der Waals surface area contributed by atoms with Gasteiger partial charge in [-0.25, -0.2) is 0 Å². The number of rotatable bonds is 3. The van der Waals surface area contributed by atoms with Crippen molar-refractivity contribution in [3.8, 4) is 0 Å². The van der Waals surface area contributed by atoms with Gasteiger partial charge in [-0.2, -0.15) is 0 Å². The number of benzene rings is 3. The quantitative estimate of drug-likeness (QED) is 0.665. The van der Waals surface area contributed by atoms with Crippen molar-refractivity contribution in [1.29, 1.82) is 0 Å². The van der Waals surface area contributed by atoms with Crippen LogP contribution in [0.25, 0.3) is 0 Å². The van der Waals surface area contributed by atoms with Gasteiger partial charge in [0.25, 0.3) is 0 Å². The summed E-state index contributed by atoms with van der Waals surface area (Å²) < 4.78 is 0. The average molecular weight is 298 g/mol. The third-order valence-corrected chi connectivity index (χ3v) is 4.73. The van der Waals surface area contributed by atoms with Crippen LogP contribution in [0.15, 0.2) is 78.9 Å². The molecule has 112 valence electrons. The molecular weight excluding hydrogens is 280 g/mol. The smallest absolute Gasteiger partial charge is 0.193 e. The van der Waals surface area contributed by atoms with Crippen molar-refractivity contribution >= 4 is 5.78 Å². The maximum Gasteiger partial charge on any atom is 0.193 e. The SMILES string of the molecule is O=C1c2ccccc2C(CCc2ccccc2)c2ccccc21. The summed E-state index contributed by atoms with van der Waals surface area (Å²) >= 11 is 0.